The topological polar surface area (TPSA) is 26.3 Å². The average molecular weight is 356 g/mol. The van der Waals surface area contributed by atoms with Gasteiger partial charge in [-0.3, -0.25) is 0 Å². The molecule has 0 bridgehead atoms. The van der Waals surface area contributed by atoms with Crippen molar-refractivity contribution in [2.45, 2.75) is 11.8 Å². The van der Waals surface area contributed by atoms with E-state index in [2.05, 4.69) is 0 Å². The van der Waals surface area contributed by atoms with Gasteiger partial charge in [0.05, 0.1) is 0 Å². The maximum absolute atomic E-state index is 13.1. The summed E-state index contributed by atoms with van der Waals surface area (Å²) in [5.74, 6) is -2.24. The van der Waals surface area contributed by atoms with E-state index in [1.54, 1.807) is 91.0 Å². The van der Waals surface area contributed by atoms with Crippen molar-refractivity contribution in [3.63, 3.8) is 0 Å². The van der Waals surface area contributed by atoms with Crippen LogP contribution in [0, 0.1) is 0 Å². The normalized spacial score (nSPS) is 11.8. The molecule has 0 saturated heterocycles. The highest BCUT2D eigenvalue weighted by Gasteiger charge is 2.49. The number of ether oxygens (including phenoxy) is 1. The van der Waals surface area contributed by atoms with Gasteiger partial charge in [0.25, 0.3) is 0 Å². The van der Waals surface area contributed by atoms with E-state index in [9.17, 15) is 18.0 Å². The van der Waals surface area contributed by atoms with Crippen molar-refractivity contribution in [3.05, 3.63) is 108 Å². The second kappa shape index (κ2) is 7.04. The van der Waals surface area contributed by atoms with Crippen LogP contribution in [0.25, 0.3) is 0 Å². The lowest BCUT2D eigenvalue weighted by molar-refractivity contribution is -0.209. The molecule has 3 rings (SSSR count). The van der Waals surface area contributed by atoms with E-state index in [0.717, 1.165) is 0 Å². The maximum Gasteiger partial charge on any atom is 0.490 e. The van der Waals surface area contributed by atoms with Crippen molar-refractivity contribution in [2.24, 2.45) is 0 Å². The van der Waals surface area contributed by atoms with E-state index >= 15 is 0 Å². The number of alkyl halides is 3. The minimum atomic E-state index is -5.11. The highest BCUT2D eigenvalue weighted by molar-refractivity contribution is 5.77. The minimum Gasteiger partial charge on any atom is -0.438 e. The van der Waals surface area contributed by atoms with Gasteiger partial charge in [-0.1, -0.05) is 91.0 Å². The zero-order chi connectivity index (χ0) is 18.6. The Morgan fingerprint density at radius 2 is 0.923 bits per heavy atom. The number of rotatable bonds is 4. The number of esters is 1. The van der Waals surface area contributed by atoms with Crippen LogP contribution >= 0.6 is 0 Å². The Balaban J connectivity index is 2.30. The molecule has 0 amide bonds. The standard InChI is InChI=1S/C21H15F3O2/c22-21(23,24)19(25)26-20(16-10-4-1-5-11-16,17-12-6-2-7-13-17)18-14-8-3-9-15-18/h1-15H. The smallest absolute Gasteiger partial charge is 0.438 e. The van der Waals surface area contributed by atoms with Crippen molar-refractivity contribution >= 4 is 5.97 Å². The Morgan fingerprint density at radius 3 is 1.19 bits per heavy atom. The lowest BCUT2D eigenvalue weighted by atomic mass is 9.80. The first-order valence-corrected chi connectivity index (χ1v) is 7.91. The zero-order valence-corrected chi connectivity index (χ0v) is 13.6. The van der Waals surface area contributed by atoms with E-state index in [1.165, 1.54) is 0 Å². The summed E-state index contributed by atoms with van der Waals surface area (Å²) in [5.41, 5.74) is -0.434. The van der Waals surface area contributed by atoms with Crippen molar-refractivity contribution in [3.8, 4) is 0 Å². The average Bonchev–Trinajstić information content (AvgIpc) is 2.67. The summed E-state index contributed by atoms with van der Waals surface area (Å²) in [6, 6.07) is 25.2. The number of benzene rings is 3. The lowest BCUT2D eigenvalue weighted by Gasteiger charge is -2.35. The first-order chi connectivity index (χ1) is 12.4. The molecule has 0 atom stereocenters. The Kier molecular flexibility index (Phi) is 4.80. The third-order valence-electron chi connectivity index (χ3n) is 4.02. The molecule has 0 N–H and O–H groups in total. The first kappa shape index (κ1) is 17.7. The van der Waals surface area contributed by atoms with Gasteiger partial charge in [-0.2, -0.15) is 13.2 Å². The molecule has 2 nitrogen and oxygen atoms in total. The SMILES string of the molecule is O=C(OC(c1ccccc1)(c1ccccc1)c1ccccc1)C(F)(F)F. The third-order valence-corrected chi connectivity index (χ3v) is 4.02. The van der Waals surface area contributed by atoms with Gasteiger partial charge in [-0.25, -0.2) is 4.79 Å². The van der Waals surface area contributed by atoms with E-state index in [-0.39, 0.29) is 0 Å². The van der Waals surface area contributed by atoms with Crippen LogP contribution in [0.4, 0.5) is 13.2 Å². The molecule has 0 aliphatic heterocycles. The Hall–Kier alpha value is -3.08. The molecule has 0 unspecified atom stereocenters. The molecule has 0 aliphatic rings. The summed E-state index contributed by atoms with van der Waals surface area (Å²) < 4.78 is 44.4. The molecule has 132 valence electrons. The summed E-state index contributed by atoms with van der Waals surface area (Å²) in [7, 11) is 0. The van der Waals surface area contributed by atoms with Gasteiger partial charge in [-0.05, 0) is 0 Å². The summed E-state index contributed by atoms with van der Waals surface area (Å²) in [5, 5.41) is 0. The van der Waals surface area contributed by atoms with Crippen LogP contribution in [0.3, 0.4) is 0 Å². The third kappa shape index (κ3) is 3.33. The second-order valence-electron chi connectivity index (χ2n) is 5.67. The lowest BCUT2D eigenvalue weighted by Crippen LogP contribution is -2.40. The van der Waals surface area contributed by atoms with Crippen LogP contribution in [0.2, 0.25) is 0 Å². The van der Waals surface area contributed by atoms with Crippen LogP contribution in [0.15, 0.2) is 91.0 Å². The largest absolute Gasteiger partial charge is 0.490 e. The van der Waals surface area contributed by atoms with Crippen LogP contribution in [0.5, 0.6) is 0 Å². The number of halogens is 3. The Morgan fingerprint density at radius 1 is 0.615 bits per heavy atom. The molecule has 0 heterocycles. The molecule has 26 heavy (non-hydrogen) atoms. The fourth-order valence-corrected chi connectivity index (χ4v) is 2.89. The highest BCUT2D eigenvalue weighted by atomic mass is 19.4. The van der Waals surface area contributed by atoms with Gasteiger partial charge >= 0.3 is 12.1 Å². The van der Waals surface area contributed by atoms with Gasteiger partial charge in [-0.15, -0.1) is 0 Å². The summed E-state index contributed by atoms with van der Waals surface area (Å²) in [4.78, 5) is 11.9. The summed E-state index contributed by atoms with van der Waals surface area (Å²) >= 11 is 0. The molecule has 3 aromatic rings. The summed E-state index contributed by atoms with van der Waals surface area (Å²) in [6.45, 7) is 0. The van der Waals surface area contributed by atoms with Gasteiger partial charge in [0.2, 0.25) is 0 Å². The van der Waals surface area contributed by atoms with Crippen molar-refractivity contribution in [1.29, 1.82) is 0 Å². The number of carbonyl (C=O) groups is 1. The predicted octanol–water partition coefficient (Wildman–Crippen LogP) is 5.08. The Labute approximate surface area is 148 Å². The molecule has 0 aromatic heterocycles. The van der Waals surface area contributed by atoms with Crippen molar-refractivity contribution < 1.29 is 22.7 Å². The van der Waals surface area contributed by atoms with E-state index in [1.807, 2.05) is 0 Å². The molecule has 0 aliphatic carbocycles. The van der Waals surface area contributed by atoms with Gasteiger partial charge in [0.15, 0.2) is 5.60 Å². The van der Waals surface area contributed by atoms with Crippen LogP contribution < -0.4 is 0 Å². The monoisotopic (exact) mass is 356 g/mol. The highest BCUT2D eigenvalue weighted by Crippen LogP contribution is 2.41. The Bertz CT molecular complexity index is 763. The van der Waals surface area contributed by atoms with Crippen molar-refractivity contribution in [1.82, 2.24) is 0 Å². The molecule has 3 aromatic carbocycles. The van der Waals surface area contributed by atoms with Crippen molar-refractivity contribution in [2.75, 3.05) is 0 Å². The second-order valence-corrected chi connectivity index (χ2v) is 5.67. The number of hydrogen-bond donors (Lipinski definition) is 0. The van der Waals surface area contributed by atoms with Gasteiger partial charge in [0.1, 0.15) is 0 Å². The quantitative estimate of drug-likeness (QED) is 0.481. The zero-order valence-electron chi connectivity index (χ0n) is 13.6. The molecular weight excluding hydrogens is 341 g/mol. The molecule has 0 radical (unpaired) electrons. The van der Waals surface area contributed by atoms with Crippen LogP contribution in [0.1, 0.15) is 16.7 Å². The van der Waals surface area contributed by atoms with Crippen LogP contribution in [-0.2, 0) is 15.1 Å². The van der Waals surface area contributed by atoms with E-state index < -0.39 is 17.7 Å². The maximum atomic E-state index is 13.1. The fourth-order valence-electron chi connectivity index (χ4n) is 2.89. The van der Waals surface area contributed by atoms with Gasteiger partial charge < -0.3 is 4.74 Å². The molecule has 0 saturated carbocycles. The number of carbonyl (C=O) groups excluding carboxylic acids is 1. The fraction of sp³-hybridized carbons (Fsp3) is 0.0952. The molecule has 0 spiro atoms. The first-order valence-electron chi connectivity index (χ1n) is 7.91. The predicted molar refractivity (Wildman–Crippen MR) is 91.4 cm³/mol. The minimum absolute atomic E-state index is 0.426. The molecule has 5 heteroatoms. The summed E-state index contributed by atoms with van der Waals surface area (Å²) in [6.07, 6.45) is -5.11. The van der Waals surface area contributed by atoms with Crippen LogP contribution in [-0.4, -0.2) is 12.1 Å². The van der Waals surface area contributed by atoms with E-state index in [0.29, 0.717) is 16.7 Å². The molecule has 0 fully saturated rings. The molecular formula is C21H15F3O2. The number of hydrogen-bond acceptors (Lipinski definition) is 2. The van der Waals surface area contributed by atoms with E-state index in [4.69, 9.17) is 4.74 Å². The van der Waals surface area contributed by atoms with Gasteiger partial charge in [0, 0.05) is 16.7 Å².